The number of amides is 1. The second-order valence-electron chi connectivity index (χ2n) is 5.96. The fourth-order valence-electron chi connectivity index (χ4n) is 2.39. The van der Waals surface area contributed by atoms with E-state index >= 15 is 0 Å². The zero-order valence-corrected chi connectivity index (χ0v) is 13.3. The third kappa shape index (κ3) is 3.76. The van der Waals surface area contributed by atoms with E-state index in [1.54, 1.807) is 36.1 Å². The van der Waals surface area contributed by atoms with Gasteiger partial charge >= 0.3 is 5.97 Å². The van der Waals surface area contributed by atoms with Crippen LogP contribution in [-0.4, -0.2) is 34.5 Å². The lowest BCUT2D eigenvalue weighted by Gasteiger charge is -2.23. The van der Waals surface area contributed by atoms with Crippen molar-refractivity contribution in [1.29, 1.82) is 0 Å². The molecular weight excluding hydrogens is 310 g/mol. The average Bonchev–Trinajstić information content (AvgIpc) is 3.31. The molecule has 1 unspecified atom stereocenters. The summed E-state index contributed by atoms with van der Waals surface area (Å²) in [7, 11) is 0. The van der Waals surface area contributed by atoms with Crippen LogP contribution in [-0.2, 0) is 4.79 Å². The lowest BCUT2D eigenvalue weighted by atomic mass is 10.1. The molecule has 1 heterocycles. The van der Waals surface area contributed by atoms with Crippen molar-refractivity contribution in [2.75, 3.05) is 6.54 Å². The first kappa shape index (κ1) is 16.1. The van der Waals surface area contributed by atoms with E-state index in [2.05, 4.69) is 0 Å². The summed E-state index contributed by atoms with van der Waals surface area (Å²) >= 11 is 0. The molecule has 2 aromatic rings. The highest BCUT2D eigenvalue weighted by molar-refractivity contribution is 5.92. The Balaban J connectivity index is 1.70. The van der Waals surface area contributed by atoms with Crippen LogP contribution >= 0.6 is 0 Å². The van der Waals surface area contributed by atoms with Gasteiger partial charge in [0.15, 0.2) is 5.76 Å². The summed E-state index contributed by atoms with van der Waals surface area (Å²) in [6, 6.07) is 12.4. The Bertz CT molecular complexity index is 720. The van der Waals surface area contributed by atoms with E-state index in [1.807, 2.05) is 18.2 Å². The number of aliphatic carboxylic acids is 1. The molecule has 1 fully saturated rings. The molecule has 0 radical (unpaired) electrons. The second-order valence-corrected chi connectivity index (χ2v) is 5.96. The molecule has 1 aromatic carbocycles. The number of furan rings is 1. The first-order chi connectivity index (χ1) is 11.5. The SMILES string of the molecule is CC(CN(C(=O)c1ccc(Oc2ccccc2)o1)C1CC1)C(=O)O. The highest BCUT2D eigenvalue weighted by atomic mass is 16.6. The van der Waals surface area contributed by atoms with Gasteiger partial charge < -0.3 is 19.2 Å². The van der Waals surface area contributed by atoms with Crippen molar-refractivity contribution in [3.8, 4) is 11.7 Å². The summed E-state index contributed by atoms with van der Waals surface area (Å²) in [5.41, 5.74) is 0. The fraction of sp³-hybridized carbons (Fsp3) is 0.333. The molecule has 0 spiro atoms. The van der Waals surface area contributed by atoms with Crippen molar-refractivity contribution in [3.63, 3.8) is 0 Å². The van der Waals surface area contributed by atoms with Gasteiger partial charge in [0.05, 0.1) is 5.92 Å². The minimum atomic E-state index is -0.916. The largest absolute Gasteiger partial charge is 0.481 e. The van der Waals surface area contributed by atoms with Crippen LogP contribution in [0.15, 0.2) is 46.9 Å². The van der Waals surface area contributed by atoms with Gasteiger partial charge in [0.25, 0.3) is 11.9 Å². The molecule has 1 aliphatic carbocycles. The summed E-state index contributed by atoms with van der Waals surface area (Å²) in [4.78, 5) is 25.3. The number of ether oxygens (including phenoxy) is 1. The third-order valence-corrected chi connectivity index (χ3v) is 3.89. The van der Waals surface area contributed by atoms with Crippen molar-refractivity contribution >= 4 is 11.9 Å². The average molecular weight is 329 g/mol. The summed E-state index contributed by atoms with van der Waals surface area (Å²) in [6.45, 7) is 1.77. The van der Waals surface area contributed by atoms with Crippen LogP contribution in [0.25, 0.3) is 0 Å². The molecule has 1 amide bonds. The zero-order valence-electron chi connectivity index (χ0n) is 13.3. The number of carbonyl (C=O) groups is 2. The maximum Gasteiger partial charge on any atom is 0.308 e. The highest BCUT2D eigenvalue weighted by Crippen LogP contribution is 2.31. The molecule has 126 valence electrons. The first-order valence-corrected chi connectivity index (χ1v) is 7.91. The van der Waals surface area contributed by atoms with Crippen molar-refractivity contribution in [1.82, 2.24) is 4.90 Å². The number of nitrogens with zero attached hydrogens (tertiary/aromatic N) is 1. The van der Waals surface area contributed by atoms with Gasteiger partial charge in [-0.3, -0.25) is 9.59 Å². The van der Waals surface area contributed by atoms with E-state index < -0.39 is 11.9 Å². The van der Waals surface area contributed by atoms with E-state index in [0.29, 0.717) is 5.75 Å². The molecule has 6 nitrogen and oxygen atoms in total. The van der Waals surface area contributed by atoms with Gasteiger partial charge in [-0.15, -0.1) is 0 Å². The summed E-state index contributed by atoms with van der Waals surface area (Å²) < 4.78 is 11.0. The molecule has 6 heteroatoms. The molecule has 1 saturated carbocycles. The molecule has 0 bridgehead atoms. The molecule has 1 aromatic heterocycles. The number of hydrogen-bond acceptors (Lipinski definition) is 4. The predicted molar refractivity (Wildman–Crippen MR) is 86.1 cm³/mol. The van der Waals surface area contributed by atoms with Gasteiger partial charge in [-0.25, -0.2) is 0 Å². The normalized spacial score (nSPS) is 14.9. The predicted octanol–water partition coefficient (Wildman–Crippen LogP) is 3.40. The second kappa shape index (κ2) is 6.78. The quantitative estimate of drug-likeness (QED) is 0.842. The smallest absolute Gasteiger partial charge is 0.308 e. The molecular formula is C18H19NO5. The Morgan fingerprint density at radius 2 is 1.96 bits per heavy atom. The molecule has 0 saturated heterocycles. The van der Waals surface area contributed by atoms with Crippen LogP contribution in [0.4, 0.5) is 0 Å². The monoisotopic (exact) mass is 329 g/mol. The number of carbonyl (C=O) groups excluding carboxylic acids is 1. The minimum absolute atomic E-state index is 0.0999. The summed E-state index contributed by atoms with van der Waals surface area (Å²) in [6.07, 6.45) is 1.79. The van der Waals surface area contributed by atoms with E-state index in [4.69, 9.17) is 14.3 Å². The number of rotatable bonds is 7. The lowest BCUT2D eigenvalue weighted by molar-refractivity contribution is -0.141. The van der Waals surface area contributed by atoms with E-state index in [-0.39, 0.29) is 30.2 Å². The molecule has 1 N–H and O–H groups in total. The van der Waals surface area contributed by atoms with E-state index in [9.17, 15) is 9.59 Å². The number of benzene rings is 1. The Morgan fingerprint density at radius 1 is 1.25 bits per heavy atom. The maximum absolute atomic E-state index is 12.6. The topological polar surface area (TPSA) is 80.0 Å². The zero-order chi connectivity index (χ0) is 17.1. The number of carboxylic acids is 1. The van der Waals surface area contributed by atoms with E-state index in [0.717, 1.165) is 12.8 Å². The van der Waals surface area contributed by atoms with Crippen molar-refractivity contribution < 1.29 is 23.8 Å². The van der Waals surface area contributed by atoms with Gasteiger partial charge in [-0.05, 0) is 31.0 Å². The number of para-hydroxylation sites is 1. The maximum atomic E-state index is 12.6. The first-order valence-electron chi connectivity index (χ1n) is 7.91. The van der Waals surface area contributed by atoms with Crippen LogP contribution in [0, 0.1) is 5.92 Å². The van der Waals surface area contributed by atoms with Crippen molar-refractivity contribution in [3.05, 3.63) is 48.2 Å². The molecule has 0 aliphatic heterocycles. The van der Waals surface area contributed by atoms with E-state index in [1.165, 1.54) is 0 Å². The van der Waals surface area contributed by atoms with Crippen molar-refractivity contribution in [2.45, 2.75) is 25.8 Å². The Morgan fingerprint density at radius 3 is 2.58 bits per heavy atom. The molecule has 1 aliphatic rings. The minimum Gasteiger partial charge on any atom is -0.481 e. The number of carboxylic acid groups (broad SMARTS) is 1. The van der Waals surface area contributed by atoms with Gasteiger partial charge in [-0.1, -0.05) is 25.1 Å². The molecule has 3 rings (SSSR count). The summed E-state index contributed by atoms with van der Waals surface area (Å²) in [5, 5.41) is 9.07. The van der Waals surface area contributed by atoms with Gasteiger partial charge in [0, 0.05) is 18.7 Å². The van der Waals surface area contributed by atoms with Crippen LogP contribution < -0.4 is 4.74 Å². The lowest BCUT2D eigenvalue weighted by Crippen LogP contribution is -2.38. The Hall–Kier alpha value is -2.76. The Labute approximate surface area is 139 Å². The molecule has 1 atom stereocenters. The van der Waals surface area contributed by atoms with Crippen molar-refractivity contribution in [2.24, 2.45) is 5.92 Å². The Kier molecular flexibility index (Phi) is 4.55. The van der Waals surface area contributed by atoms with Gasteiger partial charge in [-0.2, -0.15) is 0 Å². The fourth-order valence-corrected chi connectivity index (χ4v) is 2.39. The van der Waals surface area contributed by atoms with Gasteiger partial charge in [0.2, 0.25) is 0 Å². The molecule has 24 heavy (non-hydrogen) atoms. The van der Waals surface area contributed by atoms with Crippen LogP contribution in [0.5, 0.6) is 11.7 Å². The third-order valence-electron chi connectivity index (χ3n) is 3.89. The standard InChI is InChI=1S/C18H19NO5/c1-12(18(21)22)11-19(13-7-8-13)17(20)15-9-10-16(24-15)23-14-5-3-2-4-6-14/h2-6,9-10,12-13H,7-8,11H2,1H3,(H,21,22). The van der Waals surface area contributed by atoms with Crippen LogP contribution in [0.1, 0.15) is 30.3 Å². The summed E-state index contributed by atoms with van der Waals surface area (Å²) in [5.74, 6) is -0.833. The number of hydrogen-bond donors (Lipinski definition) is 1. The van der Waals surface area contributed by atoms with Gasteiger partial charge in [0.1, 0.15) is 5.75 Å². The van der Waals surface area contributed by atoms with Crippen LogP contribution in [0.2, 0.25) is 0 Å². The van der Waals surface area contributed by atoms with Crippen LogP contribution in [0.3, 0.4) is 0 Å². The highest BCUT2D eigenvalue weighted by Gasteiger charge is 2.36.